The normalized spacial score (nSPS) is 17.6. The smallest absolute Gasteiger partial charge is 0.262 e. The van der Waals surface area contributed by atoms with E-state index in [-0.39, 0.29) is 25.0 Å². The lowest BCUT2D eigenvalue weighted by Crippen LogP contribution is -2.47. The first-order chi connectivity index (χ1) is 18.9. The summed E-state index contributed by atoms with van der Waals surface area (Å²) in [6.45, 7) is 3.64. The summed E-state index contributed by atoms with van der Waals surface area (Å²) in [5.41, 5.74) is 2.17. The van der Waals surface area contributed by atoms with Crippen molar-refractivity contribution in [3.8, 4) is 11.5 Å². The molecule has 1 atom stereocenters. The molecular weight excluding hydrogens is 524 g/mol. The van der Waals surface area contributed by atoms with Gasteiger partial charge in [0.05, 0.1) is 39.2 Å². The van der Waals surface area contributed by atoms with Crippen LogP contribution in [0.25, 0.3) is 0 Å². The Morgan fingerprint density at radius 2 is 1.87 bits per heavy atom. The third-order valence-electron chi connectivity index (χ3n) is 6.88. The van der Waals surface area contributed by atoms with Gasteiger partial charge in [-0.05, 0) is 24.3 Å². The summed E-state index contributed by atoms with van der Waals surface area (Å²) in [6.07, 6.45) is 0.415. The third-order valence-corrected chi connectivity index (χ3v) is 7.21. The van der Waals surface area contributed by atoms with Crippen LogP contribution >= 0.6 is 11.6 Å². The second-order valence-electron chi connectivity index (χ2n) is 9.29. The summed E-state index contributed by atoms with van der Waals surface area (Å²) in [5, 5.41) is 6.73. The molecule has 2 aromatic rings. The number of methoxy groups -OCH3 is 3. The van der Waals surface area contributed by atoms with E-state index in [9.17, 15) is 9.59 Å². The molecule has 11 heteroatoms. The van der Waals surface area contributed by atoms with E-state index in [4.69, 9.17) is 35.6 Å². The van der Waals surface area contributed by atoms with Crippen LogP contribution in [0, 0.1) is 0 Å². The zero-order valence-corrected chi connectivity index (χ0v) is 23.4. The van der Waals surface area contributed by atoms with Gasteiger partial charge in [-0.2, -0.15) is 5.10 Å². The number of ether oxygens (including phenoxy) is 4. The SMILES string of the molecule is COCC(=O)N(CCN1CCOCC1)CC(=O)N1N=C(c2ccccc2Cl)C[C@@H]1c1cc(OC)ccc1OC. The average molecular weight is 559 g/mol. The van der Waals surface area contributed by atoms with Crippen molar-refractivity contribution in [2.75, 3.05) is 73.9 Å². The lowest BCUT2D eigenvalue weighted by atomic mass is 9.97. The van der Waals surface area contributed by atoms with E-state index in [1.807, 2.05) is 24.3 Å². The summed E-state index contributed by atoms with van der Waals surface area (Å²) < 4.78 is 21.6. The van der Waals surface area contributed by atoms with Gasteiger partial charge in [-0.25, -0.2) is 5.01 Å². The Kier molecular flexibility index (Phi) is 10.2. The fourth-order valence-electron chi connectivity index (χ4n) is 4.77. The fraction of sp³-hybridized carbons (Fsp3) is 0.464. The van der Waals surface area contributed by atoms with Crippen molar-refractivity contribution in [1.29, 1.82) is 0 Å². The van der Waals surface area contributed by atoms with Crippen LogP contribution in [-0.2, 0) is 19.1 Å². The molecule has 2 aliphatic rings. The Morgan fingerprint density at radius 3 is 2.56 bits per heavy atom. The fourth-order valence-corrected chi connectivity index (χ4v) is 5.01. The first kappa shape index (κ1) is 28.8. The standard InChI is InChI=1S/C28H35ClN4O6/c1-36-19-28(35)32(11-10-31-12-14-39-15-13-31)18-27(34)33-25(22-16-20(37-2)8-9-26(22)38-3)17-24(30-33)21-6-4-5-7-23(21)29/h4-9,16,25H,10-15,17-19H2,1-3H3/t25-/m1/s1. The predicted molar refractivity (Wildman–Crippen MR) is 147 cm³/mol. The molecule has 0 radical (unpaired) electrons. The van der Waals surface area contributed by atoms with Crippen molar-refractivity contribution in [2.45, 2.75) is 12.5 Å². The lowest BCUT2D eigenvalue weighted by Gasteiger charge is -2.31. The van der Waals surface area contributed by atoms with Crippen LogP contribution in [0.3, 0.4) is 0 Å². The number of morpholine rings is 1. The molecule has 4 rings (SSSR count). The molecule has 2 amide bonds. The highest BCUT2D eigenvalue weighted by molar-refractivity contribution is 6.34. The molecule has 0 spiro atoms. The second-order valence-corrected chi connectivity index (χ2v) is 9.70. The van der Waals surface area contributed by atoms with Gasteiger partial charge in [-0.3, -0.25) is 14.5 Å². The van der Waals surface area contributed by atoms with Crippen LogP contribution < -0.4 is 9.47 Å². The molecule has 2 heterocycles. The van der Waals surface area contributed by atoms with Gasteiger partial charge >= 0.3 is 0 Å². The quantitative estimate of drug-likeness (QED) is 0.419. The van der Waals surface area contributed by atoms with Crippen LogP contribution in [0.1, 0.15) is 23.6 Å². The van der Waals surface area contributed by atoms with Gasteiger partial charge in [0.25, 0.3) is 5.91 Å². The summed E-state index contributed by atoms with van der Waals surface area (Å²) in [7, 11) is 4.63. The topological polar surface area (TPSA) is 93.1 Å². The molecule has 2 aliphatic heterocycles. The summed E-state index contributed by atoms with van der Waals surface area (Å²) >= 11 is 6.50. The zero-order chi connectivity index (χ0) is 27.8. The first-order valence-electron chi connectivity index (χ1n) is 12.9. The number of amides is 2. The first-order valence-corrected chi connectivity index (χ1v) is 13.3. The van der Waals surface area contributed by atoms with Crippen molar-refractivity contribution < 1.29 is 28.5 Å². The highest BCUT2D eigenvalue weighted by Crippen LogP contribution is 2.40. The Labute approximate surface area is 234 Å². The zero-order valence-electron chi connectivity index (χ0n) is 22.6. The molecule has 210 valence electrons. The molecule has 0 aromatic heterocycles. The number of carbonyl (C=O) groups excluding carboxylic acids is 2. The van der Waals surface area contributed by atoms with Crippen LogP contribution in [0.2, 0.25) is 5.02 Å². The van der Waals surface area contributed by atoms with E-state index in [1.54, 1.807) is 32.4 Å². The van der Waals surface area contributed by atoms with Gasteiger partial charge in [0.1, 0.15) is 24.7 Å². The Balaban J connectivity index is 1.63. The maximum Gasteiger partial charge on any atom is 0.262 e. The minimum Gasteiger partial charge on any atom is -0.497 e. The summed E-state index contributed by atoms with van der Waals surface area (Å²) in [4.78, 5) is 30.5. The van der Waals surface area contributed by atoms with E-state index >= 15 is 0 Å². The largest absolute Gasteiger partial charge is 0.497 e. The maximum absolute atomic E-state index is 13.9. The number of nitrogens with zero attached hydrogens (tertiary/aromatic N) is 4. The van der Waals surface area contributed by atoms with E-state index in [0.717, 1.165) is 24.2 Å². The molecular formula is C28H35ClN4O6. The number of hydrogen-bond donors (Lipinski definition) is 0. The van der Waals surface area contributed by atoms with Crippen molar-refractivity contribution in [2.24, 2.45) is 5.10 Å². The van der Waals surface area contributed by atoms with E-state index < -0.39 is 6.04 Å². The molecule has 0 bridgehead atoms. The van der Waals surface area contributed by atoms with Crippen LogP contribution in [0.5, 0.6) is 11.5 Å². The highest BCUT2D eigenvalue weighted by atomic mass is 35.5. The van der Waals surface area contributed by atoms with Crippen LogP contribution in [-0.4, -0.2) is 106 Å². The molecule has 0 saturated carbocycles. The van der Waals surface area contributed by atoms with Crippen LogP contribution in [0.4, 0.5) is 0 Å². The molecule has 0 N–H and O–H groups in total. The predicted octanol–water partition coefficient (Wildman–Crippen LogP) is 2.84. The third kappa shape index (κ3) is 7.07. The van der Waals surface area contributed by atoms with Gasteiger partial charge in [-0.1, -0.05) is 29.8 Å². The van der Waals surface area contributed by atoms with Crippen LogP contribution in [0.15, 0.2) is 47.6 Å². The molecule has 2 aromatic carbocycles. The minimum atomic E-state index is -0.479. The molecule has 39 heavy (non-hydrogen) atoms. The van der Waals surface area contributed by atoms with Gasteiger partial charge in [-0.15, -0.1) is 0 Å². The van der Waals surface area contributed by atoms with Gasteiger partial charge in [0.15, 0.2) is 0 Å². The molecule has 1 fully saturated rings. The van der Waals surface area contributed by atoms with Gasteiger partial charge in [0, 0.05) is 55.9 Å². The van der Waals surface area contributed by atoms with Gasteiger partial charge < -0.3 is 23.8 Å². The van der Waals surface area contributed by atoms with Crippen molar-refractivity contribution in [1.82, 2.24) is 14.8 Å². The summed E-state index contributed by atoms with van der Waals surface area (Å²) in [5.74, 6) is 0.656. The molecule has 10 nitrogen and oxygen atoms in total. The Morgan fingerprint density at radius 1 is 1.10 bits per heavy atom. The molecule has 0 unspecified atom stereocenters. The summed E-state index contributed by atoms with van der Waals surface area (Å²) in [6, 6.07) is 12.4. The average Bonchev–Trinajstić information content (AvgIpc) is 3.41. The number of hydrogen-bond acceptors (Lipinski definition) is 8. The number of benzene rings is 2. The number of hydrazone groups is 1. The Bertz CT molecular complexity index is 1190. The van der Waals surface area contributed by atoms with E-state index in [1.165, 1.54) is 17.0 Å². The second kappa shape index (κ2) is 13.7. The number of carbonyl (C=O) groups is 2. The maximum atomic E-state index is 13.9. The number of halogens is 1. The molecule has 1 saturated heterocycles. The van der Waals surface area contributed by atoms with Crippen molar-refractivity contribution >= 4 is 29.1 Å². The van der Waals surface area contributed by atoms with E-state index in [2.05, 4.69) is 4.90 Å². The van der Waals surface area contributed by atoms with E-state index in [0.29, 0.717) is 55.0 Å². The molecule has 0 aliphatic carbocycles. The highest BCUT2D eigenvalue weighted by Gasteiger charge is 2.36. The minimum absolute atomic E-state index is 0.113. The number of rotatable bonds is 11. The van der Waals surface area contributed by atoms with Crippen molar-refractivity contribution in [3.05, 3.63) is 58.6 Å². The van der Waals surface area contributed by atoms with Crippen molar-refractivity contribution in [3.63, 3.8) is 0 Å². The Hall–Kier alpha value is -3.18. The van der Waals surface area contributed by atoms with Gasteiger partial charge in [0.2, 0.25) is 5.91 Å². The monoisotopic (exact) mass is 558 g/mol. The lowest BCUT2D eigenvalue weighted by molar-refractivity contribution is -0.143.